The summed E-state index contributed by atoms with van der Waals surface area (Å²) in [7, 11) is 0. The summed E-state index contributed by atoms with van der Waals surface area (Å²) in [6.07, 6.45) is 0. The number of carbonyl (C=O) groups is 1. The molecule has 76 valence electrons. The van der Waals surface area contributed by atoms with E-state index in [2.05, 4.69) is 0 Å². The first-order valence-corrected chi connectivity index (χ1v) is 4.20. The maximum absolute atomic E-state index is 12.7. The van der Waals surface area contributed by atoms with E-state index in [1.54, 1.807) is 0 Å². The number of likely N-dealkylation sites (tertiary alicyclic amines) is 1. The zero-order chi connectivity index (χ0) is 10.2. The second-order valence-corrected chi connectivity index (χ2v) is 3.66. The lowest BCUT2D eigenvalue weighted by molar-refractivity contribution is -0.171. The van der Waals surface area contributed by atoms with Crippen LogP contribution in [0.1, 0.15) is 13.8 Å². The van der Waals surface area contributed by atoms with Crippen LogP contribution in [0.25, 0.3) is 0 Å². The van der Waals surface area contributed by atoms with Crippen molar-refractivity contribution in [2.75, 3.05) is 13.1 Å². The molecule has 0 aliphatic carbocycles. The number of hydrogen-bond acceptors (Lipinski definition) is 2. The third-order valence-corrected chi connectivity index (χ3v) is 2.64. The zero-order valence-corrected chi connectivity index (χ0v) is 7.63. The highest BCUT2D eigenvalue weighted by atomic mass is 19.3. The second kappa shape index (κ2) is 3.21. The first-order valence-electron chi connectivity index (χ1n) is 4.20. The van der Waals surface area contributed by atoms with E-state index < -0.39 is 18.4 Å². The number of carboxylic acids is 1. The van der Waals surface area contributed by atoms with Crippen molar-refractivity contribution >= 4 is 5.97 Å². The van der Waals surface area contributed by atoms with Crippen molar-refractivity contribution in [1.29, 1.82) is 0 Å². The predicted molar refractivity (Wildman–Crippen MR) is 42.8 cm³/mol. The van der Waals surface area contributed by atoms with Crippen LogP contribution in [-0.2, 0) is 4.79 Å². The van der Waals surface area contributed by atoms with Crippen LogP contribution in [0, 0.1) is 5.92 Å². The fourth-order valence-corrected chi connectivity index (χ4v) is 1.44. The van der Waals surface area contributed by atoms with Crippen molar-refractivity contribution < 1.29 is 18.7 Å². The highest BCUT2D eigenvalue weighted by molar-refractivity contribution is 5.75. The predicted octanol–water partition coefficient (Wildman–Crippen LogP) is 1.05. The summed E-state index contributed by atoms with van der Waals surface area (Å²) in [6.45, 7) is 3.67. The molecule has 1 rings (SSSR count). The topological polar surface area (TPSA) is 40.5 Å². The lowest BCUT2D eigenvalue weighted by Gasteiger charge is -2.45. The Morgan fingerprint density at radius 3 is 2.46 bits per heavy atom. The first kappa shape index (κ1) is 10.4. The molecular formula is C8H13F2NO2. The van der Waals surface area contributed by atoms with Crippen LogP contribution in [0.2, 0.25) is 0 Å². The summed E-state index contributed by atoms with van der Waals surface area (Å²) < 4.78 is 25.4. The summed E-state index contributed by atoms with van der Waals surface area (Å²) in [6, 6.07) is 0.0604. The van der Waals surface area contributed by atoms with E-state index in [9.17, 15) is 13.6 Å². The summed E-state index contributed by atoms with van der Waals surface area (Å²) in [4.78, 5) is 11.6. The number of carboxylic acid groups (broad SMARTS) is 1. The minimum atomic E-state index is -3.62. The summed E-state index contributed by atoms with van der Waals surface area (Å²) in [5, 5.41) is 8.19. The number of hydrogen-bond donors (Lipinski definition) is 1. The molecular weight excluding hydrogens is 180 g/mol. The molecule has 13 heavy (non-hydrogen) atoms. The first-order chi connectivity index (χ1) is 5.84. The van der Waals surface area contributed by atoms with Gasteiger partial charge in [0, 0.05) is 12.6 Å². The number of alkyl halides is 2. The van der Waals surface area contributed by atoms with Crippen LogP contribution < -0.4 is 0 Å². The molecule has 1 fully saturated rings. The molecule has 1 saturated heterocycles. The van der Waals surface area contributed by atoms with Crippen molar-refractivity contribution in [3.63, 3.8) is 0 Å². The van der Waals surface area contributed by atoms with Gasteiger partial charge < -0.3 is 5.11 Å². The third-order valence-electron chi connectivity index (χ3n) is 2.64. The fourth-order valence-electron chi connectivity index (χ4n) is 1.44. The van der Waals surface area contributed by atoms with Gasteiger partial charge in [-0.05, 0) is 12.8 Å². The average Bonchev–Trinajstić information content (AvgIpc) is 2.03. The van der Waals surface area contributed by atoms with Crippen molar-refractivity contribution in [2.24, 2.45) is 5.92 Å². The fraction of sp³-hybridized carbons (Fsp3) is 0.875. The van der Waals surface area contributed by atoms with E-state index in [1.165, 1.54) is 4.90 Å². The Labute approximate surface area is 75.3 Å². The van der Waals surface area contributed by atoms with Gasteiger partial charge in [-0.25, -0.2) is 4.79 Å². The van der Waals surface area contributed by atoms with Crippen LogP contribution in [-0.4, -0.2) is 41.0 Å². The molecule has 0 aromatic carbocycles. The van der Waals surface area contributed by atoms with Crippen LogP contribution in [0.15, 0.2) is 0 Å². The lowest BCUT2D eigenvalue weighted by atomic mass is 9.91. The van der Waals surface area contributed by atoms with Gasteiger partial charge in [0.15, 0.2) is 0 Å². The van der Waals surface area contributed by atoms with Gasteiger partial charge in [-0.15, -0.1) is 0 Å². The van der Waals surface area contributed by atoms with E-state index in [0.29, 0.717) is 12.5 Å². The normalized spacial score (nSPS) is 29.8. The zero-order valence-electron chi connectivity index (χ0n) is 7.63. The molecule has 1 heterocycles. The molecule has 0 spiro atoms. The second-order valence-electron chi connectivity index (χ2n) is 3.66. The maximum atomic E-state index is 12.7. The smallest absolute Gasteiger partial charge is 0.375 e. The number of rotatable bonds is 3. The highest BCUT2D eigenvalue weighted by Gasteiger charge is 2.45. The third kappa shape index (κ3) is 1.96. The van der Waals surface area contributed by atoms with Crippen molar-refractivity contribution in [3.8, 4) is 0 Å². The van der Waals surface area contributed by atoms with E-state index >= 15 is 0 Å². The molecule has 0 radical (unpaired) electrons. The van der Waals surface area contributed by atoms with Gasteiger partial charge in [0.1, 0.15) is 0 Å². The van der Waals surface area contributed by atoms with Gasteiger partial charge in [0.25, 0.3) is 0 Å². The Hall–Kier alpha value is -0.710. The minimum absolute atomic E-state index is 0.0604. The monoisotopic (exact) mass is 193 g/mol. The molecule has 0 amide bonds. The Morgan fingerprint density at radius 2 is 2.15 bits per heavy atom. The molecule has 3 nitrogen and oxygen atoms in total. The molecule has 0 saturated carbocycles. The molecule has 2 atom stereocenters. The van der Waals surface area contributed by atoms with Crippen molar-refractivity contribution in [1.82, 2.24) is 4.90 Å². The van der Waals surface area contributed by atoms with Gasteiger partial charge >= 0.3 is 11.9 Å². The van der Waals surface area contributed by atoms with Crippen molar-refractivity contribution in [3.05, 3.63) is 0 Å². The Kier molecular flexibility index (Phi) is 2.56. The van der Waals surface area contributed by atoms with Gasteiger partial charge in [-0.2, -0.15) is 8.78 Å². The molecule has 1 N–H and O–H groups in total. The quantitative estimate of drug-likeness (QED) is 0.728. The van der Waals surface area contributed by atoms with E-state index in [4.69, 9.17) is 5.11 Å². The van der Waals surface area contributed by atoms with Crippen LogP contribution in [0.4, 0.5) is 8.78 Å². The van der Waals surface area contributed by atoms with E-state index in [-0.39, 0.29) is 6.04 Å². The number of aliphatic carboxylic acids is 1. The van der Waals surface area contributed by atoms with E-state index in [1.807, 2.05) is 13.8 Å². The molecule has 1 aliphatic rings. The molecule has 0 aromatic heterocycles. The Morgan fingerprint density at radius 1 is 1.62 bits per heavy atom. The van der Waals surface area contributed by atoms with Gasteiger partial charge in [-0.3, -0.25) is 4.90 Å². The Bertz CT molecular complexity index is 220. The standard InChI is InChI=1S/C8H13F2NO2/c1-5-3-11(6(5)2)4-8(9,10)7(12)13/h5-6H,3-4H2,1-2H3,(H,12,13). The summed E-state index contributed by atoms with van der Waals surface area (Å²) in [5.41, 5.74) is 0. The van der Waals surface area contributed by atoms with Crippen LogP contribution in [0.3, 0.4) is 0 Å². The van der Waals surface area contributed by atoms with E-state index in [0.717, 1.165) is 0 Å². The summed E-state index contributed by atoms with van der Waals surface area (Å²) >= 11 is 0. The van der Waals surface area contributed by atoms with Crippen molar-refractivity contribution in [2.45, 2.75) is 25.8 Å². The lowest BCUT2D eigenvalue weighted by Crippen LogP contribution is -2.58. The molecule has 0 aromatic rings. The molecule has 2 unspecified atom stereocenters. The van der Waals surface area contributed by atoms with Gasteiger partial charge in [0.2, 0.25) is 0 Å². The number of nitrogens with zero attached hydrogens (tertiary/aromatic N) is 1. The van der Waals surface area contributed by atoms with Gasteiger partial charge in [-0.1, -0.05) is 6.92 Å². The minimum Gasteiger partial charge on any atom is -0.477 e. The number of halogens is 2. The van der Waals surface area contributed by atoms with Gasteiger partial charge in [0.05, 0.1) is 6.54 Å². The average molecular weight is 193 g/mol. The van der Waals surface area contributed by atoms with Crippen LogP contribution in [0.5, 0.6) is 0 Å². The SMILES string of the molecule is CC1CN(CC(F)(F)C(=O)O)C1C. The largest absolute Gasteiger partial charge is 0.477 e. The Balaban J connectivity index is 2.46. The molecule has 0 bridgehead atoms. The molecule has 5 heteroatoms. The maximum Gasteiger partial charge on any atom is 0.375 e. The summed E-state index contributed by atoms with van der Waals surface area (Å²) in [5.74, 6) is -5.28. The van der Waals surface area contributed by atoms with Crippen LogP contribution >= 0.6 is 0 Å². The highest BCUT2D eigenvalue weighted by Crippen LogP contribution is 2.27. The molecule has 1 aliphatic heterocycles.